The standard InChI is InChI=1S/C24H33FN4O3S/c1-16(17-8-10-20(19(25)14-17)28(5)33(31)32)23(30)26-15-18-9-11-21(24(2,3)4)27-22(18)29-12-6-7-13-29/h8-11,14,16H,6-7,12-13,15H2,1-5H3,(H,26,30)(H,31,32). The second-order valence-electron chi connectivity index (χ2n) is 9.50. The van der Waals surface area contributed by atoms with Gasteiger partial charge in [0.25, 0.3) is 11.3 Å². The lowest BCUT2D eigenvalue weighted by Crippen LogP contribution is -2.30. The molecule has 0 saturated carbocycles. The minimum atomic E-state index is -2.33. The van der Waals surface area contributed by atoms with Crippen LogP contribution in [0, 0.1) is 5.82 Å². The fourth-order valence-corrected chi connectivity index (χ4v) is 4.17. The molecule has 1 aromatic heterocycles. The second-order valence-corrected chi connectivity index (χ2v) is 10.5. The molecule has 2 atom stereocenters. The summed E-state index contributed by atoms with van der Waals surface area (Å²) in [4.78, 5) is 20.1. The molecule has 9 heteroatoms. The number of halogens is 1. The van der Waals surface area contributed by atoms with Crippen molar-refractivity contribution in [1.29, 1.82) is 0 Å². The van der Waals surface area contributed by atoms with Crippen LogP contribution in [0.3, 0.4) is 0 Å². The Balaban J connectivity index is 1.75. The first-order valence-corrected chi connectivity index (χ1v) is 12.2. The van der Waals surface area contributed by atoms with E-state index in [2.05, 4.69) is 31.0 Å². The number of hydrogen-bond acceptors (Lipinski definition) is 4. The quantitative estimate of drug-likeness (QED) is 0.588. The first-order chi connectivity index (χ1) is 15.5. The van der Waals surface area contributed by atoms with Crippen LogP contribution in [0.25, 0.3) is 0 Å². The number of aromatic nitrogens is 1. The summed E-state index contributed by atoms with van der Waals surface area (Å²) in [6.07, 6.45) is 2.26. The molecule has 1 aliphatic rings. The summed E-state index contributed by atoms with van der Waals surface area (Å²) in [5, 5.41) is 2.97. The summed E-state index contributed by atoms with van der Waals surface area (Å²) in [7, 11) is 1.32. The predicted molar refractivity (Wildman–Crippen MR) is 130 cm³/mol. The molecule has 1 amide bonds. The highest BCUT2D eigenvalue weighted by atomic mass is 32.2. The largest absolute Gasteiger partial charge is 0.356 e. The SMILES string of the molecule is CC(C(=O)NCc1ccc(C(C)(C)C)nc1N1CCCC1)c1ccc(N(C)S(=O)O)c(F)c1. The molecule has 0 radical (unpaired) electrons. The van der Waals surface area contributed by atoms with E-state index in [0.29, 0.717) is 12.1 Å². The van der Waals surface area contributed by atoms with Gasteiger partial charge >= 0.3 is 0 Å². The monoisotopic (exact) mass is 476 g/mol. The lowest BCUT2D eigenvalue weighted by molar-refractivity contribution is -0.122. The highest BCUT2D eigenvalue weighted by Gasteiger charge is 2.23. The van der Waals surface area contributed by atoms with Gasteiger partial charge in [0.1, 0.15) is 11.6 Å². The lowest BCUT2D eigenvalue weighted by atomic mass is 9.91. The maximum Gasteiger partial charge on any atom is 0.261 e. The molecule has 7 nitrogen and oxygen atoms in total. The van der Waals surface area contributed by atoms with Crippen molar-refractivity contribution in [1.82, 2.24) is 10.3 Å². The summed E-state index contributed by atoms with van der Waals surface area (Å²) in [6.45, 7) is 10.3. The molecule has 2 aromatic rings. The average molecular weight is 477 g/mol. The Kier molecular flexibility index (Phi) is 7.74. The summed E-state index contributed by atoms with van der Waals surface area (Å²) in [5.74, 6) is -0.553. The van der Waals surface area contributed by atoms with Crippen LogP contribution in [0.15, 0.2) is 30.3 Å². The van der Waals surface area contributed by atoms with Gasteiger partial charge in [0, 0.05) is 43.4 Å². The number of nitrogens with one attached hydrogen (secondary N) is 1. The van der Waals surface area contributed by atoms with Gasteiger partial charge in [-0.2, -0.15) is 0 Å². The third-order valence-electron chi connectivity index (χ3n) is 6.02. The molecule has 0 bridgehead atoms. The summed E-state index contributed by atoms with van der Waals surface area (Å²) in [5.41, 5.74) is 2.38. The molecule has 180 valence electrons. The molecule has 0 aliphatic carbocycles. The van der Waals surface area contributed by atoms with E-state index in [9.17, 15) is 13.4 Å². The van der Waals surface area contributed by atoms with Crippen molar-refractivity contribution in [2.24, 2.45) is 0 Å². The van der Waals surface area contributed by atoms with Gasteiger partial charge in [-0.15, -0.1) is 0 Å². The molecule has 2 N–H and O–H groups in total. The first-order valence-electron chi connectivity index (χ1n) is 11.2. The van der Waals surface area contributed by atoms with E-state index in [4.69, 9.17) is 9.54 Å². The maximum atomic E-state index is 14.5. The van der Waals surface area contributed by atoms with Crippen LogP contribution in [0.5, 0.6) is 0 Å². The van der Waals surface area contributed by atoms with Gasteiger partial charge in [0.05, 0.1) is 11.6 Å². The molecule has 0 spiro atoms. The Morgan fingerprint density at radius 1 is 1.27 bits per heavy atom. The van der Waals surface area contributed by atoms with Gasteiger partial charge in [-0.1, -0.05) is 32.9 Å². The normalized spacial score (nSPS) is 15.9. The Bertz CT molecular complexity index is 1030. The Morgan fingerprint density at radius 3 is 2.52 bits per heavy atom. The molecule has 1 saturated heterocycles. The summed E-state index contributed by atoms with van der Waals surface area (Å²) in [6, 6.07) is 8.29. The highest BCUT2D eigenvalue weighted by Crippen LogP contribution is 2.29. The second kappa shape index (κ2) is 10.2. The third kappa shape index (κ3) is 5.89. The van der Waals surface area contributed by atoms with Gasteiger partial charge in [-0.3, -0.25) is 13.7 Å². The number of pyridine rings is 1. The number of nitrogens with zero attached hydrogens (tertiary/aromatic N) is 3. The minimum Gasteiger partial charge on any atom is -0.356 e. The third-order valence-corrected chi connectivity index (χ3v) is 6.69. The number of carbonyl (C=O) groups excluding carboxylic acids is 1. The minimum absolute atomic E-state index is 0.00698. The number of anilines is 2. The van der Waals surface area contributed by atoms with Crippen molar-refractivity contribution in [2.75, 3.05) is 29.3 Å². The number of amides is 1. The van der Waals surface area contributed by atoms with Crippen molar-refractivity contribution in [3.63, 3.8) is 0 Å². The molecular formula is C24H33FN4O3S. The van der Waals surface area contributed by atoms with Crippen molar-refractivity contribution < 1.29 is 17.9 Å². The van der Waals surface area contributed by atoms with E-state index < -0.39 is 23.0 Å². The van der Waals surface area contributed by atoms with Gasteiger partial charge in [0.15, 0.2) is 0 Å². The van der Waals surface area contributed by atoms with Crippen LogP contribution in [0.4, 0.5) is 15.9 Å². The van der Waals surface area contributed by atoms with E-state index in [0.717, 1.165) is 47.3 Å². The van der Waals surface area contributed by atoms with Crippen molar-refractivity contribution in [3.05, 3.63) is 53.0 Å². The molecule has 1 aromatic carbocycles. The molecular weight excluding hydrogens is 443 g/mol. The molecule has 2 unspecified atom stereocenters. The predicted octanol–water partition coefficient (Wildman–Crippen LogP) is 4.11. The van der Waals surface area contributed by atoms with Gasteiger partial charge < -0.3 is 10.2 Å². The van der Waals surface area contributed by atoms with Gasteiger partial charge in [0.2, 0.25) is 5.91 Å². The van der Waals surface area contributed by atoms with E-state index >= 15 is 0 Å². The van der Waals surface area contributed by atoms with Crippen LogP contribution >= 0.6 is 0 Å². The number of carbonyl (C=O) groups is 1. The summed E-state index contributed by atoms with van der Waals surface area (Å²) < 4.78 is 35.7. The smallest absolute Gasteiger partial charge is 0.261 e. The fraction of sp³-hybridized carbons (Fsp3) is 0.500. The highest BCUT2D eigenvalue weighted by molar-refractivity contribution is 7.80. The van der Waals surface area contributed by atoms with E-state index in [1.165, 1.54) is 19.2 Å². The zero-order chi connectivity index (χ0) is 24.3. The van der Waals surface area contributed by atoms with Crippen LogP contribution in [0.1, 0.15) is 63.3 Å². The fourth-order valence-electron chi connectivity index (χ4n) is 3.85. The van der Waals surface area contributed by atoms with E-state index in [1.807, 2.05) is 12.1 Å². The van der Waals surface area contributed by atoms with Crippen molar-refractivity contribution >= 4 is 28.7 Å². The Morgan fingerprint density at radius 2 is 1.94 bits per heavy atom. The number of benzene rings is 1. The van der Waals surface area contributed by atoms with Crippen LogP contribution < -0.4 is 14.5 Å². The van der Waals surface area contributed by atoms with Gasteiger partial charge in [-0.05, 0) is 43.5 Å². The van der Waals surface area contributed by atoms with Crippen LogP contribution in [0.2, 0.25) is 0 Å². The van der Waals surface area contributed by atoms with Crippen molar-refractivity contribution in [2.45, 2.75) is 58.4 Å². The zero-order valence-corrected chi connectivity index (χ0v) is 20.7. The van der Waals surface area contributed by atoms with Gasteiger partial charge in [-0.25, -0.2) is 13.6 Å². The summed E-state index contributed by atoms with van der Waals surface area (Å²) >= 11 is -2.33. The van der Waals surface area contributed by atoms with Crippen molar-refractivity contribution in [3.8, 4) is 0 Å². The van der Waals surface area contributed by atoms with Crippen LogP contribution in [-0.4, -0.2) is 39.8 Å². The Labute approximate surface area is 197 Å². The average Bonchev–Trinajstić information content (AvgIpc) is 3.30. The Hall–Kier alpha value is -2.52. The topological polar surface area (TPSA) is 85.8 Å². The molecule has 1 fully saturated rings. The number of rotatable bonds is 7. The number of hydrogen-bond donors (Lipinski definition) is 2. The lowest BCUT2D eigenvalue weighted by Gasteiger charge is -2.25. The zero-order valence-electron chi connectivity index (χ0n) is 19.9. The molecule has 3 rings (SSSR count). The molecule has 33 heavy (non-hydrogen) atoms. The maximum absolute atomic E-state index is 14.5. The molecule has 2 heterocycles. The van der Waals surface area contributed by atoms with Crippen LogP contribution in [-0.2, 0) is 28.0 Å². The van der Waals surface area contributed by atoms with E-state index in [1.54, 1.807) is 13.0 Å². The first kappa shape index (κ1) is 25.1. The van der Waals surface area contributed by atoms with E-state index in [-0.39, 0.29) is 17.0 Å². The molecule has 1 aliphatic heterocycles.